The number of aromatic nitrogens is 1. The smallest absolute Gasteiger partial charge is 0.265 e. The maximum absolute atomic E-state index is 12.1. The average Bonchev–Trinajstić information content (AvgIpc) is 2.57. The molecule has 0 unspecified atom stereocenters. The number of amides is 2. The van der Waals surface area contributed by atoms with Crippen molar-refractivity contribution in [3.8, 4) is 0 Å². The molecule has 2 amide bonds. The van der Waals surface area contributed by atoms with E-state index in [0.29, 0.717) is 10.0 Å². The molecule has 0 aliphatic carbocycles. The first-order valence-electron chi connectivity index (χ1n) is 5.67. The molecule has 106 valence electrons. The third-order valence-corrected chi connectivity index (χ3v) is 3.54. The van der Waals surface area contributed by atoms with Gasteiger partial charge in [0.2, 0.25) is 5.91 Å². The Morgan fingerprint density at radius 1 is 1.42 bits per heavy atom. The Morgan fingerprint density at radius 2 is 2.00 bits per heavy atom. The first-order valence-corrected chi connectivity index (χ1v) is 6.48. The van der Waals surface area contributed by atoms with E-state index in [1.54, 1.807) is 18.7 Å². The Bertz CT molecular complexity index is 495. The van der Waals surface area contributed by atoms with Crippen LogP contribution >= 0.6 is 11.3 Å². The number of nitrogens with one attached hydrogen (secondary N) is 1. The van der Waals surface area contributed by atoms with Crippen LogP contribution in [0.2, 0.25) is 0 Å². The lowest BCUT2D eigenvalue weighted by Gasteiger charge is -2.24. The largest absolute Gasteiger partial charge is 0.382 e. The summed E-state index contributed by atoms with van der Waals surface area (Å²) in [5, 5.41) is 3.38. The lowest BCUT2D eigenvalue weighted by Crippen LogP contribution is -2.45. The van der Waals surface area contributed by atoms with Crippen molar-refractivity contribution < 1.29 is 9.59 Å². The van der Waals surface area contributed by atoms with E-state index in [0.717, 1.165) is 0 Å². The Balaban J connectivity index is 2.86. The van der Waals surface area contributed by atoms with Crippen molar-refractivity contribution >= 4 is 34.1 Å². The molecular formula is C11H19N5O2S. The van der Waals surface area contributed by atoms with Crippen molar-refractivity contribution in [2.24, 2.45) is 5.73 Å². The highest BCUT2D eigenvalue weighted by Gasteiger charge is 2.26. The van der Waals surface area contributed by atoms with Gasteiger partial charge in [-0.3, -0.25) is 9.59 Å². The van der Waals surface area contributed by atoms with Gasteiger partial charge in [0.1, 0.15) is 10.7 Å². The van der Waals surface area contributed by atoms with Crippen LogP contribution in [0.1, 0.15) is 29.9 Å². The highest BCUT2D eigenvalue weighted by molar-refractivity contribution is 7.18. The van der Waals surface area contributed by atoms with E-state index in [9.17, 15) is 9.59 Å². The number of nitrogens with zero attached hydrogens (tertiary/aromatic N) is 2. The van der Waals surface area contributed by atoms with Crippen LogP contribution in [0.4, 0.5) is 10.9 Å². The molecule has 8 heteroatoms. The predicted octanol–water partition coefficient (Wildman–Crippen LogP) is 0.175. The zero-order valence-electron chi connectivity index (χ0n) is 11.5. The van der Waals surface area contributed by atoms with Gasteiger partial charge in [-0.1, -0.05) is 11.3 Å². The minimum absolute atomic E-state index is 0.0536. The van der Waals surface area contributed by atoms with E-state index < -0.39 is 11.4 Å². The summed E-state index contributed by atoms with van der Waals surface area (Å²) in [6, 6.07) is 0. The number of hydrogen-bond acceptors (Lipinski definition) is 6. The van der Waals surface area contributed by atoms with Gasteiger partial charge in [0, 0.05) is 26.1 Å². The monoisotopic (exact) mass is 285 g/mol. The molecule has 7 nitrogen and oxygen atoms in total. The zero-order valence-corrected chi connectivity index (χ0v) is 12.3. The van der Waals surface area contributed by atoms with Gasteiger partial charge in [-0.05, 0) is 13.8 Å². The summed E-state index contributed by atoms with van der Waals surface area (Å²) in [4.78, 5) is 29.2. The molecule has 19 heavy (non-hydrogen) atoms. The summed E-state index contributed by atoms with van der Waals surface area (Å²) in [5.41, 5.74) is 10.1. The predicted molar refractivity (Wildman–Crippen MR) is 76.2 cm³/mol. The zero-order chi connectivity index (χ0) is 14.8. The second-order valence-corrected chi connectivity index (χ2v) is 6.06. The lowest BCUT2D eigenvalue weighted by molar-refractivity contribution is -0.119. The van der Waals surface area contributed by atoms with Crippen LogP contribution in [0.3, 0.4) is 0 Å². The Hall–Kier alpha value is -1.83. The van der Waals surface area contributed by atoms with Crippen molar-refractivity contribution in [2.75, 3.05) is 24.7 Å². The molecule has 0 aliphatic heterocycles. The molecular weight excluding hydrogens is 266 g/mol. The molecule has 0 spiro atoms. The molecule has 0 atom stereocenters. The molecule has 0 saturated carbocycles. The number of anilines is 2. The molecule has 1 aromatic rings. The van der Waals surface area contributed by atoms with E-state index in [1.807, 2.05) is 14.1 Å². The van der Waals surface area contributed by atoms with Crippen LogP contribution in [0.5, 0.6) is 0 Å². The normalized spacial score (nSPS) is 11.2. The van der Waals surface area contributed by atoms with E-state index in [2.05, 4.69) is 10.3 Å². The molecule has 0 fully saturated rings. The number of nitrogen functional groups attached to an aromatic ring is 1. The Kier molecular flexibility index (Phi) is 4.35. The highest BCUT2D eigenvalue weighted by atomic mass is 32.1. The summed E-state index contributed by atoms with van der Waals surface area (Å²) in [5.74, 6) is -0.646. The van der Waals surface area contributed by atoms with Gasteiger partial charge in [-0.2, -0.15) is 0 Å². The van der Waals surface area contributed by atoms with Gasteiger partial charge >= 0.3 is 0 Å². The van der Waals surface area contributed by atoms with Crippen molar-refractivity contribution in [3.05, 3.63) is 4.88 Å². The molecule has 5 N–H and O–H groups in total. The number of carbonyl (C=O) groups excluding carboxylic acids is 2. The van der Waals surface area contributed by atoms with Gasteiger partial charge in [-0.25, -0.2) is 4.98 Å². The van der Waals surface area contributed by atoms with E-state index in [1.165, 1.54) is 11.3 Å². The van der Waals surface area contributed by atoms with E-state index in [-0.39, 0.29) is 18.1 Å². The number of carbonyl (C=O) groups is 2. The van der Waals surface area contributed by atoms with Gasteiger partial charge in [-0.15, -0.1) is 0 Å². The molecule has 0 bridgehead atoms. The highest BCUT2D eigenvalue weighted by Crippen LogP contribution is 2.27. The van der Waals surface area contributed by atoms with Crippen molar-refractivity contribution in [1.82, 2.24) is 10.3 Å². The first-order chi connectivity index (χ1) is 8.62. The lowest BCUT2D eigenvalue weighted by atomic mass is 10.0. The van der Waals surface area contributed by atoms with Crippen LogP contribution in [0.15, 0.2) is 0 Å². The number of rotatable bonds is 5. The quantitative estimate of drug-likeness (QED) is 0.713. The molecule has 1 aromatic heterocycles. The van der Waals surface area contributed by atoms with Gasteiger partial charge in [0.15, 0.2) is 5.13 Å². The number of nitrogens with two attached hydrogens (primary N) is 2. The summed E-state index contributed by atoms with van der Waals surface area (Å²) in [6.45, 7) is 3.44. The first kappa shape index (κ1) is 15.2. The van der Waals surface area contributed by atoms with Crippen LogP contribution in [-0.2, 0) is 4.79 Å². The SMILES string of the molecule is CN(C)c1nc(N)c(C(=O)NC(C)(C)CC(N)=O)s1. The molecule has 1 rings (SSSR count). The van der Waals surface area contributed by atoms with Gasteiger partial charge in [0.25, 0.3) is 5.91 Å². The summed E-state index contributed by atoms with van der Waals surface area (Å²) in [7, 11) is 3.63. The third-order valence-electron chi connectivity index (χ3n) is 2.30. The number of thiazole rings is 1. The maximum Gasteiger partial charge on any atom is 0.265 e. The third kappa shape index (κ3) is 4.09. The Morgan fingerprint density at radius 3 is 2.42 bits per heavy atom. The molecule has 0 aromatic carbocycles. The van der Waals surface area contributed by atoms with Crippen molar-refractivity contribution in [2.45, 2.75) is 25.8 Å². The minimum atomic E-state index is -0.725. The van der Waals surface area contributed by atoms with E-state index >= 15 is 0 Å². The van der Waals surface area contributed by atoms with Gasteiger partial charge in [0.05, 0.1) is 0 Å². The minimum Gasteiger partial charge on any atom is -0.382 e. The molecule has 0 aliphatic rings. The van der Waals surface area contributed by atoms with Crippen LogP contribution < -0.4 is 21.7 Å². The van der Waals surface area contributed by atoms with Crippen molar-refractivity contribution in [3.63, 3.8) is 0 Å². The Labute approximate surface area is 116 Å². The molecule has 0 radical (unpaired) electrons. The average molecular weight is 285 g/mol. The van der Waals surface area contributed by atoms with Crippen molar-refractivity contribution in [1.29, 1.82) is 0 Å². The second kappa shape index (κ2) is 5.43. The molecule has 0 saturated heterocycles. The maximum atomic E-state index is 12.1. The number of hydrogen-bond donors (Lipinski definition) is 3. The molecule has 1 heterocycles. The van der Waals surface area contributed by atoms with Gasteiger partial charge < -0.3 is 21.7 Å². The fraction of sp³-hybridized carbons (Fsp3) is 0.545. The fourth-order valence-electron chi connectivity index (χ4n) is 1.52. The van der Waals surface area contributed by atoms with Crippen LogP contribution in [0.25, 0.3) is 0 Å². The van der Waals surface area contributed by atoms with E-state index in [4.69, 9.17) is 11.5 Å². The van der Waals surface area contributed by atoms with Crippen LogP contribution in [0, 0.1) is 0 Å². The summed E-state index contributed by atoms with van der Waals surface area (Å²) >= 11 is 1.20. The fourth-order valence-corrected chi connectivity index (χ4v) is 2.32. The topological polar surface area (TPSA) is 114 Å². The second-order valence-electron chi connectivity index (χ2n) is 5.09. The number of primary amides is 1. The standard InChI is InChI=1S/C11H19N5O2S/c1-11(2,5-6(12)17)15-9(18)7-8(13)14-10(19-7)16(3)4/h5,13H2,1-4H3,(H2,12,17)(H,15,18). The van der Waals surface area contributed by atoms with Crippen LogP contribution in [-0.4, -0.2) is 36.4 Å². The summed E-state index contributed by atoms with van der Waals surface area (Å²) < 4.78 is 0. The summed E-state index contributed by atoms with van der Waals surface area (Å²) in [6.07, 6.45) is 0.0536.